The number of para-hydroxylation sites is 1. The molecule has 0 saturated carbocycles. The maximum Gasteiger partial charge on any atom is 0.347 e. The van der Waals surface area contributed by atoms with Gasteiger partial charge in [-0.15, -0.1) is 0 Å². The van der Waals surface area contributed by atoms with Gasteiger partial charge in [0.1, 0.15) is 23.3 Å². The van der Waals surface area contributed by atoms with E-state index in [1.165, 1.54) is 6.26 Å². The Morgan fingerprint density at radius 2 is 1.96 bits per heavy atom. The fourth-order valence-electron chi connectivity index (χ4n) is 2.39. The maximum absolute atomic E-state index is 12.7. The van der Waals surface area contributed by atoms with Gasteiger partial charge >= 0.3 is 5.97 Å². The lowest BCUT2D eigenvalue weighted by Crippen LogP contribution is -2.26. The van der Waals surface area contributed by atoms with Gasteiger partial charge in [0.2, 0.25) is 11.2 Å². The molecule has 1 atom stereocenters. The third-order valence-corrected chi connectivity index (χ3v) is 4.36. The molecule has 140 valence electrons. The molecule has 3 rings (SSSR count). The topological polar surface area (TPSA) is 75.0 Å². The summed E-state index contributed by atoms with van der Waals surface area (Å²) in [6.45, 7) is 3.59. The fourth-order valence-corrected chi connectivity index (χ4v) is 2.76. The molecule has 27 heavy (non-hydrogen) atoms. The second kappa shape index (κ2) is 8.26. The Morgan fingerprint density at radius 3 is 2.70 bits per heavy atom. The monoisotopic (exact) mass is 432 g/mol. The third kappa shape index (κ3) is 4.31. The Hall–Kier alpha value is -2.80. The molecule has 0 aliphatic rings. The number of carbonyl (C=O) groups excluding carboxylic acids is 1. The van der Waals surface area contributed by atoms with Gasteiger partial charge in [0, 0.05) is 6.07 Å². The lowest BCUT2D eigenvalue weighted by Gasteiger charge is -2.13. The molecule has 0 bridgehead atoms. The number of ether oxygens (including phenoxy) is 3. The van der Waals surface area contributed by atoms with Crippen LogP contribution in [0.5, 0.6) is 17.2 Å². The second-order valence-corrected chi connectivity index (χ2v) is 6.49. The van der Waals surface area contributed by atoms with Crippen LogP contribution in [0.25, 0.3) is 11.0 Å². The average molecular weight is 433 g/mol. The molecule has 7 heteroatoms. The van der Waals surface area contributed by atoms with Crippen molar-refractivity contribution >= 4 is 32.9 Å². The molecule has 1 unspecified atom stereocenters. The van der Waals surface area contributed by atoms with E-state index >= 15 is 0 Å². The Morgan fingerprint density at radius 1 is 1.19 bits per heavy atom. The summed E-state index contributed by atoms with van der Waals surface area (Å²) in [6.07, 6.45) is 0.481. The third-order valence-electron chi connectivity index (χ3n) is 3.70. The molecule has 3 aromatic rings. The highest BCUT2D eigenvalue weighted by Gasteiger charge is 2.17. The molecular formula is C20H17BrO6. The lowest BCUT2D eigenvalue weighted by molar-refractivity contribution is -0.150. The van der Waals surface area contributed by atoms with E-state index < -0.39 is 12.1 Å². The van der Waals surface area contributed by atoms with Crippen molar-refractivity contribution < 1.29 is 23.4 Å². The Balaban J connectivity index is 1.86. The molecule has 6 nitrogen and oxygen atoms in total. The number of benzene rings is 2. The zero-order chi connectivity index (χ0) is 19.4. The summed E-state index contributed by atoms with van der Waals surface area (Å²) in [6, 6.07) is 11.9. The Bertz CT molecular complexity index is 1030. The van der Waals surface area contributed by atoms with Crippen LogP contribution < -0.4 is 14.9 Å². The normalized spacial score (nSPS) is 11.8. The first-order valence-electron chi connectivity index (χ1n) is 8.31. The fraction of sp³-hybridized carbons (Fsp3) is 0.200. The summed E-state index contributed by atoms with van der Waals surface area (Å²) in [5.74, 6) is 0.511. The zero-order valence-electron chi connectivity index (χ0n) is 14.7. The summed E-state index contributed by atoms with van der Waals surface area (Å²) >= 11 is 3.37. The smallest absolute Gasteiger partial charge is 0.347 e. The number of fused-ring (bicyclic) bond motifs is 1. The average Bonchev–Trinajstić information content (AvgIpc) is 2.66. The molecule has 2 aromatic carbocycles. The summed E-state index contributed by atoms with van der Waals surface area (Å²) < 4.78 is 22.4. The molecule has 0 radical (unpaired) electrons. The number of rotatable bonds is 6. The first-order chi connectivity index (χ1) is 13.0. The predicted octanol–water partition coefficient (Wildman–Crippen LogP) is 4.68. The molecular weight excluding hydrogens is 416 g/mol. The summed E-state index contributed by atoms with van der Waals surface area (Å²) in [5.41, 5.74) is 0.0185. The van der Waals surface area contributed by atoms with Crippen molar-refractivity contribution in [1.29, 1.82) is 0 Å². The van der Waals surface area contributed by atoms with E-state index in [0.29, 0.717) is 22.5 Å². The quantitative estimate of drug-likeness (QED) is 0.526. The molecule has 0 aliphatic heterocycles. The van der Waals surface area contributed by atoms with Crippen LogP contribution in [0, 0.1) is 0 Å². The number of hydrogen-bond donors (Lipinski definition) is 0. The second-order valence-electron chi connectivity index (χ2n) is 5.63. The van der Waals surface area contributed by atoms with Gasteiger partial charge in [0.05, 0.1) is 16.5 Å². The van der Waals surface area contributed by atoms with Crippen LogP contribution in [-0.4, -0.2) is 18.7 Å². The summed E-state index contributed by atoms with van der Waals surface area (Å²) in [7, 11) is 0. The van der Waals surface area contributed by atoms with Crippen molar-refractivity contribution in [3.05, 3.63) is 63.4 Å². The number of halogens is 1. The number of esters is 1. The largest absolute Gasteiger partial charge is 0.479 e. The number of carbonyl (C=O) groups is 1. The van der Waals surface area contributed by atoms with Gasteiger partial charge < -0.3 is 18.6 Å². The Labute approximate surface area is 163 Å². The molecule has 0 fully saturated rings. The van der Waals surface area contributed by atoms with Crippen LogP contribution in [0.2, 0.25) is 0 Å². The highest BCUT2D eigenvalue weighted by Crippen LogP contribution is 2.29. The van der Waals surface area contributed by atoms with Gasteiger partial charge in [-0.1, -0.05) is 12.1 Å². The lowest BCUT2D eigenvalue weighted by atomic mass is 10.2. The molecule has 1 aromatic heterocycles. The minimum Gasteiger partial charge on any atom is -0.479 e. The number of hydrogen-bond acceptors (Lipinski definition) is 6. The maximum atomic E-state index is 12.7. The van der Waals surface area contributed by atoms with Crippen molar-refractivity contribution in [1.82, 2.24) is 0 Å². The minimum absolute atomic E-state index is 0.0722. The van der Waals surface area contributed by atoms with Crippen molar-refractivity contribution in [3.63, 3.8) is 0 Å². The molecule has 0 amide bonds. The van der Waals surface area contributed by atoms with E-state index in [4.69, 9.17) is 18.6 Å². The molecule has 0 N–H and O–H groups in total. The Kier molecular flexibility index (Phi) is 5.81. The first-order valence-corrected chi connectivity index (χ1v) is 9.10. The van der Waals surface area contributed by atoms with Gasteiger partial charge in [-0.2, -0.15) is 0 Å². The summed E-state index contributed by atoms with van der Waals surface area (Å²) in [5, 5.41) is 0.343. The van der Waals surface area contributed by atoms with Gasteiger partial charge in [0.25, 0.3) is 0 Å². The van der Waals surface area contributed by atoms with E-state index in [0.717, 1.165) is 4.47 Å². The van der Waals surface area contributed by atoms with E-state index in [1.54, 1.807) is 44.2 Å². The van der Waals surface area contributed by atoms with E-state index in [-0.39, 0.29) is 17.8 Å². The standard InChI is InChI=1S/C20H17BrO6/c1-3-24-20(23)12(2)26-13-8-9-14-17(10-13)25-11-18(19(14)22)27-16-7-5-4-6-15(16)21/h4-12H,3H2,1-2H3. The van der Waals surface area contributed by atoms with Gasteiger partial charge in [-0.3, -0.25) is 4.79 Å². The van der Waals surface area contributed by atoms with Crippen LogP contribution in [0.15, 0.2) is 62.4 Å². The molecule has 1 heterocycles. The highest BCUT2D eigenvalue weighted by atomic mass is 79.9. The zero-order valence-corrected chi connectivity index (χ0v) is 16.3. The van der Waals surface area contributed by atoms with Crippen LogP contribution >= 0.6 is 15.9 Å². The molecule has 0 aliphatic carbocycles. The van der Waals surface area contributed by atoms with Crippen molar-refractivity contribution in [3.8, 4) is 17.2 Å². The van der Waals surface area contributed by atoms with Gasteiger partial charge in [-0.05, 0) is 54.0 Å². The molecule has 0 saturated heterocycles. The van der Waals surface area contributed by atoms with Crippen LogP contribution in [0.3, 0.4) is 0 Å². The van der Waals surface area contributed by atoms with Gasteiger partial charge in [-0.25, -0.2) is 4.79 Å². The minimum atomic E-state index is -0.771. The van der Waals surface area contributed by atoms with E-state index in [1.807, 2.05) is 12.1 Å². The highest BCUT2D eigenvalue weighted by molar-refractivity contribution is 9.10. The first kappa shape index (κ1) is 19.0. The van der Waals surface area contributed by atoms with Crippen LogP contribution in [0.4, 0.5) is 0 Å². The summed E-state index contributed by atoms with van der Waals surface area (Å²) in [4.78, 5) is 24.3. The van der Waals surface area contributed by atoms with E-state index in [2.05, 4.69) is 15.9 Å². The van der Waals surface area contributed by atoms with Gasteiger partial charge in [0.15, 0.2) is 6.10 Å². The van der Waals surface area contributed by atoms with Crippen LogP contribution in [-0.2, 0) is 9.53 Å². The van der Waals surface area contributed by atoms with Crippen LogP contribution in [0.1, 0.15) is 13.8 Å². The molecule has 0 spiro atoms. The SMILES string of the molecule is CCOC(=O)C(C)Oc1ccc2c(=O)c(Oc3ccccc3Br)coc2c1. The van der Waals surface area contributed by atoms with Crippen molar-refractivity contribution in [2.24, 2.45) is 0 Å². The predicted molar refractivity (Wildman–Crippen MR) is 103 cm³/mol. The van der Waals surface area contributed by atoms with E-state index in [9.17, 15) is 9.59 Å². The van der Waals surface area contributed by atoms with Crippen molar-refractivity contribution in [2.75, 3.05) is 6.61 Å². The van der Waals surface area contributed by atoms with Crippen molar-refractivity contribution in [2.45, 2.75) is 20.0 Å².